The Hall–Kier alpha value is -3.42. The van der Waals surface area contributed by atoms with Crippen LogP contribution in [0, 0.1) is 10.1 Å². The van der Waals surface area contributed by atoms with Crippen molar-refractivity contribution in [1.82, 2.24) is 0 Å². The van der Waals surface area contributed by atoms with Gasteiger partial charge in [0.05, 0.1) is 10.8 Å². The highest BCUT2D eigenvalue weighted by molar-refractivity contribution is 5.94. The fourth-order valence-electron chi connectivity index (χ4n) is 2.65. The third kappa shape index (κ3) is 5.27. The van der Waals surface area contributed by atoms with Crippen LogP contribution in [0.4, 0.5) is 11.4 Å². The van der Waals surface area contributed by atoms with E-state index >= 15 is 0 Å². The molecule has 3 N–H and O–H groups in total. The molecule has 0 aliphatic rings. The SMILES string of the molecule is CCC(C(=O)OCCNc1ccc(C(N)=O)cc1[N+](=O)[O-])c1ccccc1. The summed E-state index contributed by atoms with van der Waals surface area (Å²) in [6.07, 6.45) is 0.607. The summed E-state index contributed by atoms with van der Waals surface area (Å²) in [5.74, 6) is -1.44. The van der Waals surface area contributed by atoms with Crippen LogP contribution in [0.5, 0.6) is 0 Å². The summed E-state index contributed by atoms with van der Waals surface area (Å²) in [5, 5.41) is 14.0. The monoisotopic (exact) mass is 371 g/mol. The summed E-state index contributed by atoms with van der Waals surface area (Å²) in [5.41, 5.74) is 6.02. The molecular formula is C19H21N3O5. The lowest BCUT2D eigenvalue weighted by molar-refractivity contribution is -0.384. The lowest BCUT2D eigenvalue weighted by atomic mass is 9.97. The van der Waals surface area contributed by atoms with Gasteiger partial charge in [-0.3, -0.25) is 19.7 Å². The highest BCUT2D eigenvalue weighted by Crippen LogP contribution is 2.25. The molecule has 0 fully saturated rings. The maximum absolute atomic E-state index is 12.3. The quantitative estimate of drug-likeness (QED) is 0.302. The molecule has 1 amide bonds. The first-order chi connectivity index (χ1) is 12.9. The van der Waals surface area contributed by atoms with E-state index in [1.807, 2.05) is 37.3 Å². The minimum absolute atomic E-state index is 0.0485. The maximum Gasteiger partial charge on any atom is 0.313 e. The number of nitrogens with one attached hydrogen (secondary N) is 1. The maximum atomic E-state index is 12.3. The average Bonchev–Trinajstić information content (AvgIpc) is 2.66. The first-order valence-electron chi connectivity index (χ1n) is 8.47. The average molecular weight is 371 g/mol. The molecule has 8 heteroatoms. The summed E-state index contributed by atoms with van der Waals surface area (Å²) in [6, 6.07) is 13.3. The normalized spacial score (nSPS) is 11.4. The van der Waals surface area contributed by atoms with Gasteiger partial charge >= 0.3 is 5.97 Å². The van der Waals surface area contributed by atoms with Crippen LogP contribution >= 0.6 is 0 Å². The van der Waals surface area contributed by atoms with Crippen LogP contribution < -0.4 is 11.1 Å². The highest BCUT2D eigenvalue weighted by atomic mass is 16.6. The Morgan fingerprint density at radius 2 is 1.93 bits per heavy atom. The number of amides is 1. The Morgan fingerprint density at radius 3 is 2.52 bits per heavy atom. The number of hydrogen-bond acceptors (Lipinski definition) is 6. The van der Waals surface area contributed by atoms with Gasteiger partial charge in [0.2, 0.25) is 5.91 Å². The van der Waals surface area contributed by atoms with Crippen LogP contribution in [0.2, 0.25) is 0 Å². The van der Waals surface area contributed by atoms with Crippen molar-refractivity contribution in [3.8, 4) is 0 Å². The standard InChI is InChI=1S/C19H21N3O5/c1-2-15(13-6-4-3-5-7-13)19(24)27-11-10-21-16-9-8-14(18(20)23)12-17(16)22(25)26/h3-9,12,15,21H,2,10-11H2,1H3,(H2,20,23). The number of nitro groups is 1. The molecule has 142 valence electrons. The third-order valence-corrected chi connectivity index (χ3v) is 4.04. The molecule has 0 aliphatic carbocycles. The molecular weight excluding hydrogens is 350 g/mol. The Balaban J connectivity index is 1.93. The van der Waals surface area contributed by atoms with Gasteiger partial charge in [-0.15, -0.1) is 0 Å². The lowest BCUT2D eigenvalue weighted by Gasteiger charge is -2.15. The molecule has 1 atom stereocenters. The van der Waals surface area contributed by atoms with E-state index in [4.69, 9.17) is 10.5 Å². The molecule has 0 radical (unpaired) electrons. The Bertz CT molecular complexity index is 823. The van der Waals surface area contributed by atoms with Crippen LogP contribution in [0.15, 0.2) is 48.5 Å². The number of nitrogens with zero attached hydrogens (tertiary/aromatic N) is 1. The number of carbonyl (C=O) groups is 2. The van der Waals surface area contributed by atoms with E-state index < -0.39 is 10.8 Å². The number of esters is 1. The molecule has 0 bridgehead atoms. The van der Waals surface area contributed by atoms with Crippen molar-refractivity contribution in [2.75, 3.05) is 18.5 Å². The van der Waals surface area contributed by atoms with Crippen LogP contribution in [-0.2, 0) is 9.53 Å². The van der Waals surface area contributed by atoms with E-state index in [0.717, 1.165) is 11.6 Å². The minimum atomic E-state index is -0.745. The van der Waals surface area contributed by atoms with Gasteiger partial charge < -0.3 is 15.8 Å². The van der Waals surface area contributed by atoms with E-state index in [9.17, 15) is 19.7 Å². The van der Waals surface area contributed by atoms with Crippen molar-refractivity contribution in [3.05, 3.63) is 69.8 Å². The van der Waals surface area contributed by atoms with Gasteiger partial charge in [-0.05, 0) is 24.1 Å². The van der Waals surface area contributed by atoms with Crippen molar-refractivity contribution in [2.45, 2.75) is 19.3 Å². The Labute approximate surface area is 156 Å². The zero-order valence-electron chi connectivity index (χ0n) is 14.9. The topological polar surface area (TPSA) is 125 Å². The Morgan fingerprint density at radius 1 is 1.22 bits per heavy atom. The van der Waals surface area contributed by atoms with E-state index in [1.54, 1.807) is 0 Å². The number of rotatable bonds is 9. The van der Waals surface area contributed by atoms with Gasteiger partial charge in [0.1, 0.15) is 12.3 Å². The second kappa shape index (κ2) is 9.33. The first-order valence-corrected chi connectivity index (χ1v) is 8.47. The van der Waals surface area contributed by atoms with Gasteiger partial charge in [0.25, 0.3) is 5.69 Å². The molecule has 0 aliphatic heterocycles. The summed E-state index contributed by atoms with van der Waals surface area (Å²) in [6.45, 7) is 2.14. The molecule has 0 aromatic heterocycles. The van der Waals surface area contributed by atoms with Gasteiger partial charge in [-0.2, -0.15) is 0 Å². The lowest BCUT2D eigenvalue weighted by Crippen LogP contribution is -2.20. The van der Waals surface area contributed by atoms with Gasteiger partial charge in [0, 0.05) is 18.2 Å². The van der Waals surface area contributed by atoms with Crippen molar-refractivity contribution in [3.63, 3.8) is 0 Å². The molecule has 27 heavy (non-hydrogen) atoms. The number of ether oxygens (including phenoxy) is 1. The van der Waals surface area contributed by atoms with Crippen molar-refractivity contribution in [1.29, 1.82) is 0 Å². The third-order valence-electron chi connectivity index (χ3n) is 4.04. The molecule has 8 nitrogen and oxygen atoms in total. The second-order valence-corrected chi connectivity index (χ2v) is 5.82. The minimum Gasteiger partial charge on any atom is -0.463 e. The van der Waals surface area contributed by atoms with Crippen molar-refractivity contribution < 1.29 is 19.2 Å². The number of hydrogen-bond donors (Lipinski definition) is 2. The smallest absolute Gasteiger partial charge is 0.313 e. The van der Waals surface area contributed by atoms with E-state index in [1.165, 1.54) is 12.1 Å². The predicted molar refractivity (Wildman–Crippen MR) is 101 cm³/mol. The van der Waals surface area contributed by atoms with Crippen LogP contribution in [0.25, 0.3) is 0 Å². The number of anilines is 1. The molecule has 1 unspecified atom stereocenters. The highest BCUT2D eigenvalue weighted by Gasteiger charge is 2.20. The Kier molecular flexibility index (Phi) is 6.87. The van der Waals surface area contributed by atoms with Crippen LogP contribution in [0.1, 0.15) is 35.2 Å². The summed E-state index contributed by atoms with van der Waals surface area (Å²) < 4.78 is 5.29. The van der Waals surface area contributed by atoms with Gasteiger partial charge in [0.15, 0.2) is 0 Å². The van der Waals surface area contributed by atoms with Crippen molar-refractivity contribution >= 4 is 23.3 Å². The van der Waals surface area contributed by atoms with Gasteiger partial charge in [-0.25, -0.2) is 0 Å². The van der Waals surface area contributed by atoms with E-state index in [0.29, 0.717) is 6.42 Å². The number of primary amides is 1. The second-order valence-electron chi connectivity index (χ2n) is 5.82. The fourth-order valence-corrected chi connectivity index (χ4v) is 2.65. The zero-order valence-corrected chi connectivity index (χ0v) is 14.9. The molecule has 0 spiro atoms. The van der Waals surface area contributed by atoms with Crippen LogP contribution in [-0.4, -0.2) is 30.0 Å². The summed E-state index contributed by atoms with van der Waals surface area (Å²) in [4.78, 5) is 34.0. The fraction of sp³-hybridized carbons (Fsp3) is 0.263. The number of benzene rings is 2. The summed E-state index contributed by atoms with van der Waals surface area (Å²) >= 11 is 0. The molecule has 0 heterocycles. The number of nitrogens with two attached hydrogens (primary N) is 1. The predicted octanol–water partition coefficient (Wildman–Crippen LogP) is 2.84. The zero-order chi connectivity index (χ0) is 19.8. The van der Waals surface area contributed by atoms with E-state index in [-0.39, 0.29) is 42.0 Å². The number of nitro benzene ring substituents is 1. The van der Waals surface area contributed by atoms with Crippen LogP contribution in [0.3, 0.4) is 0 Å². The number of carbonyl (C=O) groups excluding carboxylic acids is 2. The van der Waals surface area contributed by atoms with E-state index in [2.05, 4.69) is 5.32 Å². The molecule has 0 saturated heterocycles. The molecule has 2 aromatic rings. The molecule has 2 aromatic carbocycles. The van der Waals surface area contributed by atoms with Crippen molar-refractivity contribution in [2.24, 2.45) is 5.73 Å². The first kappa shape index (κ1) is 19.9. The van der Waals surface area contributed by atoms with Gasteiger partial charge in [-0.1, -0.05) is 37.3 Å². The molecule has 2 rings (SSSR count). The summed E-state index contributed by atoms with van der Waals surface area (Å²) in [7, 11) is 0. The molecule has 0 saturated carbocycles. The largest absolute Gasteiger partial charge is 0.463 e.